The number of para-hydroxylation sites is 1. The molecule has 1 fully saturated rings. The van der Waals surface area contributed by atoms with Crippen molar-refractivity contribution in [2.75, 3.05) is 11.4 Å². The second-order valence-electron chi connectivity index (χ2n) is 6.81. The molecule has 1 spiro atoms. The quantitative estimate of drug-likeness (QED) is 0.942. The zero-order chi connectivity index (χ0) is 16.7. The molecule has 0 bridgehead atoms. The first-order valence-corrected chi connectivity index (χ1v) is 8.31. The molecule has 1 saturated carbocycles. The Balaban J connectivity index is 1.60. The molecule has 0 saturated heterocycles. The van der Waals surface area contributed by atoms with E-state index in [2.05, 4.69) is 6.07 Å². The molecule has 4 heteroatoms. The van der Waals surface area contributed by atoms with Crippen molar-refractivity contribution < 1.29 is 14.7 Å². The van der Waals surface area contributed by atoms with Gasteiger partial charge in [0.05, 0.1) is 12.0 Å². The van der Waals surface area contributed by atoms with Crippen LogP contribution in [0.25, 0.3) is 0 Å². The number of carboxylic acids is 1. The molecule has 24 heavy (non-hydrogen) atoms. The SMILES string of the molecule is O=C(O)c1cccc(CC(=O)N2CC3(CCC3)c3ccccc32)c1. The third kappa shape index (κ3) is 2.30. The minimum Gasteiger partial charge on any atom is -0.478 e. The summed E-state index contributed by atoms with van der Waals surface area (Å²) >= 11 is 0. The van der Waals surface area contributed by atoms with Gasteiger partial charge in [-0.3, -0.25) is 4.79 Å². The Morgan fingerprint density at radius 3 is 2.58 bits per heavy atom. The van der Waals surface area contributed by atoms with Crippen LogP contribution in [0.3, 0.4) is 0 Å². The molecule has 1 heterocycles. The maximum atomic E-state index is 12.9. The van der Waals surface area contributed by atoms with Gasteiger partial charge < -0.3 is 10.0 Å². The molecular weight excluding hydrogens is 302 g/mol. The van der Waals surface area contributed by atoms with Gasteiger partial charge in [-0.25, -0.2) is 4.79 Å². The summed E-state index contributed by atoms with van der Waals surface area (Å²) in [4.78, 5) is 25.9. The Morgan fingerprint density at radius 2 is 1.88 bits per heavy atom. The number of hydrogen-bond acceptors (Lipinski definition) is 2. The molecule has 2 aromatic carbocycles. The van der Waals surface area contributed by atoms with E-state index in [0.29, 0.717) is 0 Å². The number of nitrogens with zero attached hydrogens (tertiary/aromatic N) is 1. The summed E-state index contributed by atoms with van der Waals surface area (Å²) < 4.78 is 0. The zero-order valence-corrected chi connectivity index (χ0v) is 13.4. The topological polar surface area (TPSA) is 57.6 Å². The van der Waals surface area contributed by atoms with Crippen LogP contribution in [-0.4, -0.2) is 23.5 Å². The number of rotatable bonds is 3. The number of anilines is 1. The lowest BCUT2D eigenvalue weighted by Crippen LogP contribution is -2.41. The summed E-state index contributed by atoms with van der Waals surface area (Å²) in [6.45, 7) is 0.754. The van der Waals surface area contributed by atoms with Crippen LogP contribution >= 0.6 is 0 Å². The van der Waals surface area contributed by atoms with Crippen molar-refractivity contribution in [2.45, 2.75) is 31.1 Å². The number of benzene rings is 2. The molecule has 1 amide bonds. The Hall–Kier alpha value is -2.62. The van der Waals surface area contributed by atoms with Gasteiger partial charge in [0.25, 0.3) is 0 Å². The summed E-state index contributed by atoms with van der Waals surface area (Å²) in [5.74, 6) is -0.932. The highest BCUT2D eigenvalue weighted by atomic mass is 16.4. The summed E-state index contributed by atoms with van der Waals surface area (Å²) in [5, 5.41) is 9.10. The van der Waals surface area contributed by atoms with Crippen LogP contribution in [0.2, 0.25) is 0 Å². The van der Waals surface area contributed by atoms with Crippen molar-refractivity contribution in [3.05, 3.63) is 65.2 Å². The summed E-state index contributed by atoms with van der Waals surface area (Å²) in [6.07, 6.45) is 3.73. The van der Waals surface area contributed by atoms with E-state index < -0.39 is 5.97 Å². The van der Waals surface area contributed by atoms with Gasteiger partial charge in [0.1, 0.15) is 0 Å². The molecule has 122 valence electrons. The van der Waals surface area contributed by atoms with E-state index in [0.717, 1.165) is 30.6 Å². The summed E-state index contributed by atoms with van der Waals surface area (Å²) in [6, 6.07) is 14.8. The van der Waals surface area contributed by atoms with Crippen LogP contribution in [0.1, 0.15) is 40.7 Å². The van der Waals surface area contributed by atoms with Gasteiger partial charge in [-0.15, -0.1) is 0 Å². The lowest BCUT2D eigenvalue weighted by Gasteiger charge is -2.39. The highest BCUT2D eigenvalue weighted by Crippen LogP contribution is 2.52. The van der Waals surface area contributed by atoms with Crippen molar-refractivity contribution in [3.63, 3.8) is 0 Å². The summed E-state index contributed by atoms with van der Waals surface area (Å²) in [7, 11) is 0. The average molecular weight is 321 g/mol. The van der Waals surface area contributed by atoms with Gasteiger partial charge in [0.2, 0.25) is 5.91 Å². The fourth-order valence-corrected chi connectivity index (χ4v) is 3.97. The molecule has 1 aliphatic carbocycles. The lowest BCUT2D eigenvalue weighted by atomic mass is 9.66. The highest BCUT2D eigenvalue weighted by molar-refractivity contribution is 5.98. The molecule has 4 nitrogen and oxygen atoms in total. The first-order valence-electron chi connectivity index (χ1n) is 8.31. The van der Waals surface area contributed by atoms with Crippen LogP contribution in [0.15, 0.2) is 48.5 Å². The van der Waals surface area contributed by atoms with Crippen molar-refractivity contribution >= 4 is 17.6 Å². The molecule has 2 aliphatic rings. The Bertz CT molecular complexity index is 823. The van der Waals surface area contributed by atoms with Gasteiger partial charge in [-0.1, -0.05) is 36.8 Å². The van der Waals surface area contributed by atoms with Crippen LogP contribution in [0.5, 0.6) is 0 Å². The van der Waals surface area contributed by atoms with E-state index in [1.165, 1.54) is 12.0 Å². The van der Waals surface area contributed by atoms with E-state index >= 15 is 0 Å². The minimum absolute atomic E-state index is 0.0359. The monoisotopic (exact) mass is 321 g/mol. The second kappa shape index (κ2) is 5.48. The number of hydrogen-bond donors (Lipinski definition) is 1. The molecular formula is C20H19NO3. The molecule has 2 aromatic rings. The van der Waals surface area contributed by atoms with Crippen LogP contribution < -0.4 is 4.90 Å². The van der Waals surface area contributed by atoms with Crippen LogP contribution in [-0.2, 0) is 16.6 Å². The largest absolute Gasteiger partial charge is 0.478 e. The van der Waals surface area contributed by atoms with Crippen molar-refractivity contribution in [1.82, 2.24) is 0 Å². The average Bonchev–Trinajstić information content (AvgIpc) is 2.91. The fourth-order valence-electron chi connectivity index (χ4n) is 3.97. The third-order valence-corrected chi connectivity index (χ3v) is 5.37. The Morgan fingerprint density at radius 1 is 1.08 bits per heavy atom. The van der Waals surface area contributed by atoms with Gasteiger partial charge >= 0.3 is 5.97 Å². The third-order valence-electron chi connectivity index (χ3n) is 5.37. The maximum Gasteiger partial charge on any atom is 0.335 e. The molecule has 0 aromatic heterocycles. The first kappa shape index (κ1) is 14.9. The highest BCUT2D eigenvalue weighted by Gasteiger charge is 2.48. The number of aromatic carboxylic acids is 1. The number of carbonyl (C=O) groups is 2. The van der Waals surface area contributed by atoms with E-state index in [9.17, 15) is 9.59 Å². The number of carboxylic acid groups (broad SMARTS) is 1. The van der Waals surface area contributed by atoms with Gasteiger partial charge in [-0.2, -0.15) is 0 Å². The van der Waals surface area contributed by atoms with E-state index in [-0.39, 0.29) is 23.3 Å². The number of carbonyl (C=O) groups excluding carboxylic acids is 1. The van der Waals surface area contributed by atoms with Crippen molar-refractivity contribution in [1.29, 1.82) is 0 Å². The van der Waals surface area contributed by atoms with Gasteiger partial charge in [-0.05, 0) is 42.2 Å². The molecule has 0 atom stereocenters. The summed E-state index contributed by atoms with van der Waals surface area (Å²) in [5.41, 5.74) is 3.43. The molecule has 0 radical (unpaired) electrons. The van der Waals surface area contributed by atoms with Crippen LogP contribution in [0, 0.1) is 0 Å². The smallest absolute Gasteiger partial charge is 0.335 e. The van der Waals surface area contributed by atoms with Gasteiger partial charge in [0, 0.05) is 17.6 Å². The molecule has 1 N–H and O–H groups in total. The predicted octanol–water partition coefficient (Wildman–Crippen LogP) is 3.40. The first-order chi connectivity index (χ1) is 11.6. The standard InChI is InChI=1S/C20H19NO3/c22-18(12-14-5-3-6-15(11-14)19(23)24)21-13-20(9-4-10-20)16-7-1-2-8-17(16)21/h1-3,5-8,11H,4,9-10,12-13H2,(H,23,24). The van der Waals surface area contributed by atoms with Gasteiger partial charge in [0.15, 0.2) is 0 Å². The predicted molar refractivity (Wildman–Crippen MR) is 91.4 cm³/mol. The molecule has 4 rings (SSSR count). The second-order valence-corrected chi connectivity index (χ2v) is 6.81. The number of fused-ring (bicyclic) bond motifs is 2. The zero-order valence-electron chi connectivity index (χ0n) is 13.4. The van der Waals surface area contributed by atoms with Crippen molar-refractivity contribution in [2.24, 2.45) is 0 Å². The Labute approximate surface area is 140 Å². The van der Waals surface area contributed by atoms with E-state index in [1.807, 2.05) is 29.2 Å². The van der Waals surface area contributed by atoms with E-state index in [4.69, 9.17) is 5.11 Å². The number of amides is 1. The van der Waals surface area contributed by atoms with E-state index in [1.54, 1.807) is 18.2 Å². The normalized spacial score (nSPS) is 17.4. The maximum absolute atomic E-state index is 12.9. The lowest BCUT2D eigenvalue weighted by molar-refractivity contribution is -0.118. The van der Waals surface area contributed by atoms with Crippen molar-refractivity contribution in [3.8, 4) is 0 Å². The molecule has 1 aliphatic heterocycles. The molecule has 0 unspecified atom stereocenters. The fraction of sp³-hybridized carbons (Fsp3) is 0.300. The minimum atomic E-state index is -0.968. The Kier molecular flexibility index (Phi) is 3.41. The van der Waals surface area contributed by atoms with Crippen LogP contribution in [0.4, 0.5) is 5.69 Å².